The molecule has 3 heteroatoms. The minimum absolute atomic E-state index is 0.0397. The van der Waals surface area contributed by atoms with E-state index in [1.54, 1.807) is 0 Å². The van der Waals surface area contributed by atoms with Crippen LogP contribution in [0.4, 0.5) is 0 Å². The van der Waals surface area contributed by atoms with Crippen LogP contribution in [0.15, 0.2) is 27.4 Å². The van der Waals surface area contributed by atoms with Crippen molar-refractivity contribution in [2.75, 3.05) is 6.61 Å². The molecule has 0 aliphatic heterocycles. The van der Waals surface area contributed by atoms with Crippen LogP contribution in [0.3, 0.4) is 0 Å². The van der Waals surface area contributed by atoms with Gasteiger partial charge in [0.25, 0.3) is 5.95 Å². The van der Waals surface area contributed by atoms with Crippen LogP contribution in [0.2, 0.25) is 0 Å². The number of hydrogen-bond acceptors (Lipinski definition) is 3. The van der Waals surface area contributed by atoms with Crippen molar-refractivity contribution in [1.82, 2.24) is 0 Å². The fourth-order valence-corrected chi connectivity index (χ4v) is 2.10. The zero-order chi connectivity index (χ0) is 13.8. The van der Waals surface area contributed by atoms with E-state index in [2.05, 4.69) is 0 Å². The van der Waals surface area contributed by atoms with Gasteiger partial charge in [0.05, 0.1) is 17.6 Å². The van der Waals surface area contributed by atoms with Gasteiger partial charge in [-0.25, -0.2) is 0 Å². The minimum atomic E-state index is 0.0397. The lowest BCUT2D eigenvalue weighted by Gasteiger charge is -2.10. The van der Waals surface area contributed by atoms with Crippen molar-refractivity contribution in [3.8, 4) is 5.95 Å². The van der Waals surface area contributed by atoms with Crippen molar-refractivity contribution >= 4 is 11.0 Å². The summed E-state index contributed by atoms with van der Waals surface area (Å²) in [7, 11) is 0. The Balaban J connectivity index is 2.63. The van der Waals surface area contributed by atoms with E-state index in [0.29, 0.717) is 35.5 Å². The summed E-state index contributed by atoms with van der Waals surface area (Å²) in [5, 5.41) is 0.646. The Labute approximate surface area is 113 Å². The summed E-state index contributed by atoms with van der Waals surface area (Å²) in [6.07, 6.45) is 2.47. The summed E-state index contributed by atoms with van der Waals surface area (Å²) in [6.45, 7) is 6.61. The third-order valence-corrected chi connectivity index (χ3v) is 3.04. The van der Waals surface area contributed by atoms with Crippen LogP contribution in [-0.4, -0.2) is 6.61 Å². The van der Waals surface area contributed by atoms with Crippen LogP contribution >= 0.6 is 0 Å². The van der Waals surface area contributed by atoms with Crippen LogP contribution in [0, 0.1) is 6.92 Å². The summed E-state index contributed by atoms with van der Waals surface area (Å²) in [5.74, 6) is 0.394. The molecule has 2 aromatic rings. The molecule has 19 heavy (non-hydrogen) atoms. The van der Waals surface area contributed by atoms with Gasteiger partial charge in [-0.2, -0.15) is 0 Å². The van der Waals surface area contributed by atoms with Gasteiger partial charge in [-0.1, -0.05) is 31.9 Å². The molecule has 0 unspecified atom stereocenters. The standard InChI is InChI=1S/C16H20O3/c1-4-6-12-15(17)13-10-11(3)7-8-14(13)19-16(12)18-9-5-2/h7-8,10H,4-6,9H2,1-3H3. The number of ether oxygens (including phenoxy) is 1. The Morgan fingerprint density at radius 1 is 1.21 bits per heavy atom. The quantitative estimate of drug-likeness (QED) is 0.819. The van der Waals surface area contributed by atoms with E-state index in [0.717, 1.165) is 18.4 Å². The molecule has 102 valence electrons. The molecule has 2 rings (SSSR count). The Bertz CT molecular complexity index is 626. The number of rotatable bonds is 5. The van der Waals surface area contributed by atoms with Crippen molar-refractivity contribution in [3.05, 3.63) is 39.5 Å². The van der Waals surface area contributed by atoms with Crippen molar-refractivity contribution in [3.63, 3.8) is 0 Å². The molecule has 3 nitrogen and oxygen atoms in total. The van der Waals surface area contributed by atoms with Crippen molar-refractivity contribution in [2.24, 2.45) is 0 Å². The average molecular weight is 260 g/mol. The Kier molecular flexibility index (Phi) is 4.25. The van der Waals surface area contributed by atoms with Crippen molar-refractivity contribution in [1.29, 1.82) is 0 Å². The topological polar surface area (TPSA) is 39.4 Å². The maximum absolute atomic E-state index is 12.5. The van der Waals surface area contributed by atoms with Gasteiger partial charge in [-0.15, -0.1) is 0 Å². The zero-order valence-electron chi connectivity index (χ0n) is 11.8. The number of benzene rings is 1. The van der Waals surface area contributed by atoms with Crippen LogP contribution in [-0.2, 0) is 6.42 Å². The molecule has 0 N–H and O–H groups in total. The number of hydrogen-bond donors (Lipinski definition) is 0. The highest BCUT2D eigenvalue weighted by molar-refractivity contribution is 5.78. The summed E-state index contributed by atoms with van der Waals surface area (Å²) >= 11 is 0. The van der Waals surface area contributed by atoms with E-state index >= 15 is 0 Å². The highest BCUT2D eigenvalue weighted by atomic mass is 16.6. The highest BCUT2D eigenvalue weighted by Gasteiger charge is 2.15. The molecule has 0 fully saturated rings. The van der Waals surface area contributed by atoms with Crippen LogP contribution in [0.5, 0.6) is 5.95 Å². The van der Waals surface area contributed by atoms with Crippen molar-refractivity contribution < 1.29 is 9.15 Å². The van der Waals surface area contributed by atoms with E-state index < -0.39 is 0 Å². The smallest absolute Gasteiger partial charge is 0.292 e. The second-order valence-corrected chi connectivity index (χ2v) is 4.80. The fourth-order valence-electron chi connectivity index (χ4n) is 2.10. The molecule has 0 spiro atoms. The molecule has 0 aliphatic rings. The molecule has 1 heterocycles. The first kappa shape index (κ1) is 13.7. The van der Waals surface area contributed by atoms with E-state index in [-0.39, 0.29) is 5.43 Å². The van der Waals surface area contributed by atoms with Gasteiger partial charge in [-0.05, 0) is 31.9 Å². The van der Waals surface area contributed by atoms with Gasteiger partial charge in [-0.3, -0.25) is 4.79 Å². The average Bonchev–Trinajstić information content (AvgIpc) is 2.41. The van der Waals surface area contributed by atoms with Crippen LogP contribution < -0.4 is 10.2 Å². The maximum atomic E-state index is 12.5. The second kappa shape index (κ2) is 5.91. The van der Waals surface area contributed by atoms with E-state index in [4.69, 9.17) is 9.15 Å². The number of aryl methyl sites for hydroxylation is 1. The fraction of sp³-hybridized carbons (Fsp3) is 0.438. The van der Waals surface area contributed by atoms with Gasteiger partial charge in [0.1, 0.15) is 5.58 Å². The Morgan fingerprint density at radius 3 is 2.68 bits per heavy atom. The predicted octanol–water partition coefficient (Wildman–Crippen LogP) is 3.84. The lowest BCUT2D eigenvalue weighted by Crippen LogP contribution is -2.12. The molecule has 0 radical (unpaired) electrons. The molecule has 0 saturated heterocycles. The Hall–Kier alpha value is -1.77. The van der Waals surface area contributed by atoms with Crippen LogP contribution in [0.1, 0.15) is 37.8 Å². The Morgan fingerprint density at radius 2 is 2.00 bits per heavy atom. The second-order valence-electron chi connectivity index (χ2n) is 4.80. The van der Waals surface area contributed by atoms with Gasteiger partial charge in [0, 0.05) is 0 Å². The van der Waals surface area contributed by atoms with Gasteiger partial charge < -0.3 is 9.15 Å². The first-order valence-corrected chi connectivity index (χ1v) is 6.86. The van der Waals surface area contributed by atoms with E-state index in [1.165, 1.54) is 0 Å². The first-order valence-electron chi connectivity index (χ1n) is 6.86. The third-order valence-electron chi connectivity index (χ3n) is 3.04. The number of fused-ring (bicyclic) bond motifs is 1. The lowest BCUT2D eigenvalue weighted by molar-refractivity contribution is 0.241. The first-order chi connectivity index (χ1) is 9.17. The largest absolute Gasteiger partial charge is 0.465 e. The van der Waals surface area contributed by atoms with Gasteiger partial charge in [0.2, 0.25) is 0 Å². The normalized spacial score (nSPS) is 10.9. The summed E-state index contributed by atoms with van der Waals surface area (Å²) in [4.78, 5) is 12.5. The van der Waals surface area contributed by atoms with Crippen LogP contribution in [0.25, 0.3) is 11.0 Å². The molecule has 0 atom stereocenters. The summed E-state index contributed by atoms with van der Waals surface area (Å²) in [5.41, 5.74) is 2.36. The van der Waals surface area contributed by atoms with E-state index in [9.17, 15) is 4.79 Å². The molecular weight excluding hydrogens is 240 g/mol. The molecule has 1 aromatic carbocycles. The maximum Gasteiger partial charge on any atom is 0.292 e. The SMILES string of the molecule is CCCOc1oc2ccc(C)cc2c(=O)c1CCC. The summed E-state index contributed by atoms with van der Waals surface area (Å²) < 4.78 is 11.4. The minimum Gasteiger partial charge on any atom is -0.465 e. The highest BCUT2D eigenvalue weighted by Crippen LogP contribution is 2.24. The molecule has 1 aromatic heterocycles. The molecular formula is C16H20O3. The van der Waals surface area contributed by atoms with Gasteiger partial charge >= 0.3 is 0 Å². The van der Waals surface area contributed by atoms with E-state index in [1.807, 2.05) is 39.0 Å². The zero-order valence-corrected chi connectivity index (χ0v) is 11.8. The molecule has 0 saturated carbocycles. The monoisotopic (exact) mass is 260 g/mol. The third kappa shape index (κ3) is 2.80. The molecule has 0 amide bonds. The van der Waals surface area contributed by atoms with Gasteiger partial charge in [0.15, 0.2) is 5.43 Å². The molecule has 0 aliphatic carbocycles. The van der Waals surface area contributed by atoms with Crippen molar-refractivity contribution in [2.45, 2.75) is 40.0 Å². The lowest BCUT2D eigenvalue weighted by atomic mass is 10.1. The predicted molar refractivity (Wildman–Crippen MR) is 77.0 cm³/mol. The molecule has 0 bridgehead atoms. The summed E-state index contributed by atoms with van der Waals surface area (Å²) in [6, 6.07) is 5.65.